The highest BCUT2D eigenvalue weighted by Crippen LogP contribution is 2.27. The van der Waals surface area contributed by atoms with Gasteiger partial charge in [0.2, 0.25) is 0 Å². The molecule has 0 heterocycles. The summed E-state index contributed by atoms with van der Waals surface area (Å²) in [6.45, 7) is 0.737. The van der Waals surface area contributed by atoms with Crippen LogP contribution >= 0.6 is 0 Å². The van der Waals surface area contributed by atoms with Gasteiger partial charge in [0.05, 0.1) is 6.61 Å². The maximum absolute atomic E-state index is 12.1. The van der Waals surface area contributed by atoms with Crippen molar-refractivity contribution in [3.63, 3.8) is 0 Å². The number of carbonyl (C=O) groups excluding carboxylic acids is 1. The number of alkyl halides is 3. The highest BCUT2D eigenvalue weighted by molar-refractivity contribution is 5.76. The standard InChI is InChI=1S/C12H13F3O4/c1-17-3-2-4-18-10-5-9(8-16)6-11(7-10)19-12(13,14)15/h5-8H,2-4H2,1H3. The fourth-order valence-electron chi connectivity index (χ4n) is 1.33. The highest BCUT2D eigenvalue weighted by atomic mass is 19.4. The second-order valence-electron chi connectivity index (χ2n) is 3.60. The van der Waals surface area contributed by atoms with Crippen molar-refractivity contribution in [2.75, 3.05) is 20.3 Å². The quantitative estimate of drug-likeness (QED) is 0.568. The molecule has 106 valence electrons. The molecule has 0 unspecified atom stereocenters. The van der Waals surface area contributed by atoms with Crippen LogP contribution in [0.3, 0.4) is 0 Å². The third kappa shape index (κ3) is 6.10. The molecular weight excluding hydrogens is 265 g/mol. The molecule has 1 aromatic rings. The molecule has 0 saturated carbocycles. The Bertz CT molecular complexity index is 418. The first-order valence-corrected chi connectivity index (χ1v) is 5.42. The molecule has 0 saturated heterocycles. The van der Waals surface area contributed by atoms with E-state index in [0.29, 0.717) is 19.3 Å². The summed E-state index contributed by atoms with van der Waals surface area (Å²) in [6, 6.07) is 3.40. The first-order chi connectivity index (χ1) is 8.94. The predicted molar refractivity (Wildman–Crippen MR) is 60.5 cm³/mol. The van der Waals surface area contributed by atoms with Gasteiger partial charge in [0.25, 0.3) is 0 Å². The van der Waals surface area contributed by atoms with Gasteiger partial charge in [-0.15, -0.1) is 13.2 Å². The minimum atomic E-state index is -4.81. The van der Waals surface area contributed by atoms with Crippen molar-refractivity contribution >= 4 is 6.29 Å². The first kappa shape index (κ1) is 15.3. The lowest BCUT2D eigenvalue weighted by Gasteiger charge is -2.12. The monoisotopic (exact) mass is 278 g/mol. The van der Waals surface area contributed by atoms with E-state index in [1.54, 1.807) is 0 Å². The number of hydrogen-bond acceptors (Lipinski definition) is 4. The molecule has 1 rings (SSSR count). The summed E-state index contributed by atoms with van der Waals surface area (Å²) in [5.41, 5.74) is 0.0449. The van der Waals surface area contributed by atoms with Gasteiger partial charge in [0.15, 0.2) is 0 Å². The largest absolute Gasteiger partial charge is 0.573 e. The Hall–Kier alpha value is -1.76. The molecule has 0 aliphatic rings. The molecule has 0 aliphatic carbocycles. The van der Waals surface area contributed by atoms with Crippen LogP contribution in [-0.2, 0) is 4.74 Å². The SMILES string of the molecule is COCCCOc1cc(C=O)cc(OC(F)(F)F)c1. The summed E-state index contributed by atoms with van der Waals surface area (Å²) >= 11 is 0. The Labute approximate surface area is 108 Å². The number of aldehydes is 1. The molecule has 0 atom stereocenters. The van der Waals surface area contributed by atoms with Crippen molar-refractivity contribution in [3.05, 3.63) is 23.8 Å². The molecular formula is C12H13F3O4. The van der Waals surface area contributed by atoms with Gasteiger partial charge in [0.1, 0.15) is 17.8 Å². The van der Waals surface area contributed by atoms with Gasteiger partial charge in [-0.2, -0.15) is 0 Å². The normalized spacial score (nSPS) is 11.2. The Morgan fingerprint density at radius 1 is 1.16 bits per heavy atom. The van der Waals surface area contributed by atoms with E-state index >= 15 is 0 Å². The van der Waals surface area contributed by atoms with Gasteiger partial charge in [-0.25, -0.2) is 0 Å². The number of benzene rings is 1. The van der Waals surface area contributed by atoms with Crippen LogP contribution in [-0.4, -0.2) is 33.0 Å². The second-order valence-corrected chi connectivity index (χ2v) is 3.60. The van der Waals surface area contributed by atoms with E-state index in [0.717, 1.165) is 12.1 Å². The molecule has 0 fully saturated rings. The van der Waals surface area contributed by atoms with Crippen molar-refractivity contribution in [1.29, 1.82) is 0 Å². The van der Waals surface area contributed by atoms with Gasteiger partial charge in [0, 0.05) is 31.8 Å². The van der Waals surface area contributed by atoms with Crippen LogP contribution in [0, 0.1) is 0 Å². The number of ether oxygens (including phenoxy) is 3. The van der Waals surface area contributed by atoms with Gasteiger partial charge < -0.3 is 14.2 Å². The number of halogens is 3. The van der Waals surface area contributed by atoms with Crippen molar-refractivity contribution in [2.24, 2.45) is 0 Å². The topological polar surface area (TPSA) is 44.8 Å². The van der Waals surface area contributed by atoms with Crippen molar-refractivity contribution < 1.29 is 32.2 Å². The maximum atomic E-state index is 12.1. The van der Waals surface area contributed by atoms with Crippen LogP contribution in [0.4, 0.5) is 13.2 Å². The third-order valence-corrected chi connectivity index (χ3v) is 2.03. The molecule has 0 spiro atoms. The molecule has 4 nitrogen and oxygen atoms in total. The second kappa shape index (κ2) is 6.98. The van der Waals surface area contributed by atoms with E-state index in [9.17, 15) is 18.0 Å². The Morgan fingerprint density at radius 2 is 1.84 bits per heavy atom. The highest BCUT2D eigenvalue weighted by Gasteiger charge is 2.31. The smallest absolute Gasteiger partial charge is 0.493 e. The summed E-state index contributed by atoms with van der Waals surface area (Å²) in [5, 5.41) is 0. The lowest BCUT2D eigenvalue weighted by molar-refractivity contribution is -0.274. The minimum Gasteiger partial charge on any atom is -0.493 e. The van der Waals surface area contributed by atoms with E-state index in [2.05, 4.69) is 4.74 Å². The molecule has 19 heavy (non-hydrogen) atoms. The molecule has 0 radical (unpaired) electrons. The molecule has 0 amide bonds. The minimum absolute atomic E-state index is 0.0449. The van der Waals surface area contributed by atoms with Gasteiger partial charge in [-0.05, 0) is 12.1 Å². The van der Waals surface area contributed by atoms with Crippen molar-refractivity contribution in [2.45, 2.75) is 12.8 Å². The van der Waals surface area contributed by atoms with E-state index in [1.807, 2.05) is 0 Å². The number of carbonyl (C=O) groups is 1. The molecule has 0 aromatic heterocycles. The zero-order valence-electron chi connectivity index (χ0n) is 10.2. The first-order valence-electron chi connectivity index (χ1n) is 5.42. The fourth-order valence-corrected chi connectivity index (χ4v) is 1.33. The van der Waals surface area contributed by atoms with E-state index in [-0.39, 0.29) is 17.9 Å². The zero-order chi connectivity index (χ0) is 14.3. The van der Waals surface area contributed by atoms with Crippen molar-refractivity contribution in [3.8, 4) is 11.5 Å². The molecule has 7 heteroatoms. The van der Waals surface area contributed by atoms with Crippen LogP contribution in [0.15, 0.2) is 18.2 Å². The number of hydrogen-bond donors (Lipinski definition) is 0. The van der Waals surface area contributed by atoms with Gasteiger partial charge >= 0.3 is 6.36 Å². The van der Waals surface area contributed by atoms with Crippen LogP contribution in [0.25, 0.3) is 0 Å². The van der Waals surface area contributed by atoms with Crippen molar-refractivity contribution in [1.82, 2.24) is 0 Å². The fraction of sp³-hybridized carbons (Fsp3) is 0.417. The van der Waals surface area contributed by atoms with Crippen LogP contribution in [0.2, 0.25) is 0 Å². The predicted octanol–water partition coefficient (Wildman–Crippen LogP) is 2.81. The van der Waals surface area contributed by atoms with Crippen LogP contribution < -0.4 is 9.47 Å². The van der Waals surface area contributed by atoms with Crippen LogP contribution in [0.1, 0.15) is 16.8 Å². The summed E-state index contributed by atoms with van der Waals surface area (Å²) < 4.78 is 50.1. The zero-order valence-corrected chi connectivity index (χ0v) is 10.2. The van der Waals surface area contributed by atoms with E-state index in [4.69, 9.17) is 9.47 Å². The Kier molecular flexibility index (Phi) is 5.62. The van der Waals surface area contributed by atoms with E-state index < -0.39 is 12.1 Å². The molecule has 0 N–H and O–H groups in total. The average molecular weight is 278 g/mol. The summed E-state index contributed by atoms with van der Waals surface area (Å²) in [4.78, 5) is 10.6. The van der Waals surface area contributed by atoms with Gasteiger partial charge in [-0.1, -0.05) is 0 Å². The summed E-state index contributed by atoms with van der Waals surface area (Å²) in [5.74, 6) is -0.348. The summed E-state index contributed by atoms with van der Waals surface area (Å²) in [6.07, 6.45) is -3.81. The lowest BCUT2D eigenvalue weighted by Crippen LogP contribution is -2.17. The molecule has 0 bridgehead atoms. The Balaban J connectivity index is 2.74. The Morgan fingerprint density at radius 3 is 2.42 bits per heavy atom. The number of rotatable bonds is 7. The molecule has 1 aromatic carbocycles. The average Bonchev–Trinajstić information content (AvgIpc) is 2.32. The number of methoxy groups -OCH3 is 1. The maximum Gasteiger partial charge on any atom is 0.573 e. The lowest BCUT2D eigenvalue weighted by atomic mass is 10.2. The van der Waals surface area contributed by atoms with Gasteiger partial charge in [-0.3, -0.25) is 4.79 Å². The third-order valence-electron chi connectivity index (χ3n) is 2.03. The van der Waals surface area contributed by atoms with Crippen LogP contribution in [0.5, 0.6) is 11.5 Å². The van der Waals surface area contributed by atoms with E-state index in [1.165, 1.54) is 13.2 Å². The summed E-state index contributed by atoms with van der Waals surface area (Å²) in [7, 11) is 1.53. The molecule has 0 aliphatic heterocycles.